The van der Waals surface area contributed by atoms with Crippen molar-refractivity contribution in [1.29, 1.82) is 0 Å². The molecule has 0 unspecified atom stereocenters. The van der Waals surface area contributed by atoms with E-state index in [0.29, 0.717) is 11.7 Å². The lowest BCUT2D eigenvalue weighted by molar-refractivity contribution is -0.116. The van der Waals surface area contributed by atoms with Crippen molar-refractivity contribution < 1.29 is 4.79 Å². The van der Waals surface area contributed by atoms with Crippen molar-refractivity contribution in [1.82, 2.24) is 10.2 Å². The Hall–Kier alpha value is -1.62. The molecule has 1 fully saturated rings. The molecule has 0 bridgehead atoms. The average Bonchev–Trinajstić information content (AvgIpc) is 2.68. The molecule has 4 nitrogen and oxygen atoms in total. The summed E-state index contributed by atoms with van der Waals surface area (Å²) in [5.74, 6) is -0.0418. The second kappa shape index (κ2) is 5.14. The van der Waals surface area contributed by atoms with Gasteiger partial charge in [-0.3, -0.25) is 4.79 Å². The summed E-state index contributed by atoms with van der Waals surface area (Å²) < 4.78 is 0. The van der Waals surface area contributed by atoms with E-state index in [1.807, 2.05) is 36.1 Å². The Morgan fingerprint density at radius 1 is 1.47 bits per heavy atom. The van der Waals surface area contributed by atoms with Gasteiger partial charge in [-0.15, -0.1) is 0 Å². The van der Waals surface area contributed by atoms with Gasteiger partial charge in [0.2, 0.25) is 5.91 Å². The number of hydrogen-bond acceptors (Lipinski definition) is 2. The van der Waals surface area contributed by atoms with Gasteiger partial charge in [-0.2, -0.15) is 0 Å². The van der Waals surface area contributed by atoms with E-state index < -0.39 is 0 Å². The monoisotopic (exact) mass is 249 g/mol. The third kappa shape index (κ3) is 3.17. The van der Waals surface area contributed by atoms with E-state index in [1.165, 1.54) is 5.56 Å². The van der Waals surface area contributed by atoms with Crippen molar-refractivity contribution in [2.75, 3.05) is 25.0 Å². The molecule has 1 amide bonds. The molecule has 1 aliphatic heterocycles. The number of benzene rings is 1. The zero-order valence-corrected chi connectivity index (χ0v) is 10.5. The molecule has 0 spiro atoms. The van der Waals surface area contributed by atoms with E-state index in [9.17, 15) is 4.79 Å². The molecule has 90 valence electrons. The summed E-state index contributed by atoms with van der Waals surface area (Å²) >= 11 is 5.08. The molecule has 0 aromatic heterocycles. The van der Waals surface area contributed by atoms with Gasteiger partial charge in [-0.1, -0.05) is 17.7 Å². The Balaban J connectivity index is 1.88. The van der Waals surface area contributed by atoms with E-state index >= 15 is 0 Å². The Kier molecular flexibility index (Phi) is 3.58. The quantitative estimate of drug-likeness (QED) is 0.788. The van der Waals surface area contributed by atoms with E-state index in [4.69, 9.17) is 12.2 Å². The highest BCUT2D eigenvalue weighted by atomic mass is 32.1. The molecule has 0 radical (unpaired) electrons. The molecule has 0 atom stereocenters. The van der Waals surface area contributed by atoms with E-state index in [-0.39, 0.29) is 5.91 Å². The van der Waals surface area contributed by atoms with Crippen molar-refractivity contribution in [3.05, 3.63) is 29.8 Å². The van der Waals surface area contributed by atoms with Gasteiger partial charge in [0.05, 0.1) is 6.54 Å². The molecule has 1 heterocycles. The van der Waals surface area contributed by atoms with Crippen LogP contribution < -0.4 is 10.6 Å². The van der Waals surface area contributed by atoms with Crippen LogP contribution in [0.1, 0.15) is 5.56 Å². The Labute approximate surface area is 106 Å². The van der Waals surface area contributed by atoms with Crippen LogP contribution in [0.25, 0.3) is 0 Å². The van der Waals surface area contributed by atoms with Gasteiger partial charge in [0, 0.05) is 18.8 Å². The van der Waals surface area contributed by atoms with E-state index in [0.717, 1.165) is 18.8 Å². The molecule has 17 heavy (non-hydrogen) atoms. The van der Waals surface area contributed by atoms with Gasteiger partial charge < -0.3 is 15.5 Å². The number of thiocarbonyl (C=S) groups is 1. The second-order valence-electron chi connectivity index (χ2n) is 4.07. The molecule has 2 N–H and O–H groups in total. The van der Waals surface area contributed by atoms with E-state index in [1.54, 1.807) is 0 Å². The van der Waals surface area contributed by atoms with Crippen molar-refractivity contribution in [2.45, 2.75) is 6.92 Å². The zero-order valence-electron chi connectivity index (χ0n) is 9.69. The fourth-order valence-electron chi connectivity index (χ4n) is 1.67. The summed E-state index contributed by atoms with van der Waals surface area (Å²) in [6.07, 6.45) is 0. The zero-order chi connectivity index (χ0) is 12.3. The van der Waals surface area contributed by atoms with Crippen LogP contribution in [0.15, 0.2) is 24.3 Å². The lowest BCUT2D eigenvalue weighted by Gasteiger charge is -2.15. The fourth-order valence-corrected chi connectivity index (χ4v) is 1.93. The van der Waals surface area contributed by atoms with Crippen molar-refractivity contribution in [2.24, 2.45) is 0 Å². The minimum Gasteiger partial charge on any atom is -0.361 e. The SMILES string of the molecule is Cc1ccc(NC(=O)CN2CCNC2=S)cc1. The Bertz CT molecular complexity index is 430. The maximum absolute atomic E-state index is 11.8. The minimum absolute atomic E-state index is 0.0418. The third-order valence-electron chi connectivity index (χ3n) is 2.61. The predicted molar refractivity (Wildman–Crippen MR) is 72.0 cm³/mol. The minimum atomic E-state index is -0.0418. The number of nitrogens with zero attached hydrogens (tertiary/aromatic N) is 1. The lowest BCUT2D eigenvalue weighted by Crippen LogP contribution is -2.35. The first-order valence-electron chi connectivity index (χ1n) is 5.54. The average molecular weight is 249 g/mol. The lowest BCUT2D eigenvalue weighted by atomic mass is 10.2. The Morgan fingerprint density at radius 3 is 2.76 bits per heavy atom. The standard InChI is InChI=1S/C12H15N3OS/c1-9-2-4-10(5-3-9)14-11(16)8-15-7-6-13-12(15)17/h2-5H,6-8H2,1H3,(H,13,17)(H,14,16). The van der Waals surface area contributed by atoms with Crippen LogP contribution in [0, 0.1) is 6.92 Å². The maximum Gasteiger partial charge on any atom is 0.243 e. The van der Waals surface area contributed by atoms with Gasteiger partial charge in [-0.25, -0.2) is 0 Å². The highest BCUT2D eigenvalue weighted by Crippen LogP contribution is 2.08. The summed E-state index contributed by atoms with van der Waals surface area (Å²) in [7, 11) is 0. The number of anilines is 1. The first-order chi connectivity index (χ1) is 8.15. The van der Waals surface area contributed by atoms with Gasteiger partial charge in [0.1, 0.15) is 0 Å². The van der Waals surface area contributed by atoms with Crippen LogP contribution >= 0.6 is 12.2 Å². The molecule has 1 aromatic rings. The predicted octanol–water partition coefficient (Wildman–Crippen LogP) is 1.12. The van der Waals surface area contributed by atoms with Crippen LogP contribution in [-0.2, 0) is 4.79 Å². The summed E-state index contributed by atoms with van der Waals surface area (Å²) in [5, 5.41) is 6.53. The van der Waals surface area contributed by atoms with Crippen molar-refractivity contribution >= 4 is 28.9 Å². The second-order valence-corrected chi connectivity index (χ2v) is 4.45. The first-order valence-corrected chi connectivity index (χ1v) is 5.95. The normalized spacial score (nSPS) is 14.6. The van der Waals surface area contributed by atoms with Gasteiger partial charge >= 0.3 is 0 Å². The highest BCUT2D eigenvalue weighted by Gasteiger charge is 2.18. The van der Waals surface area contributed by atoms with Crippen LogP contribution in [0.3, 0.4) is 0 Å². The number of carbonyl (C=O) groups excluding carboxylic acids is 1. The molecule has 2 rings (SSSR count). The van der Waals surface area contributed by atoms with Crippen LogP contribution in [0.2, 0.25) is 0 Å². The topological polar surface area (TPSA) is 44.4 Å². The van der Waals surface area contributed by atoms with Gasteiger partial charge in [-0.05, 0) is 31.3 Å². The van der Waals surface area contributed by atoms with Crippen LogP contribution in [0.4, 0.5) is 5.69 Å². The summed E-state index contributed by atoms with van der Waals surface area (Å²) in [6, 6.07) is 7.73. The molecule has 1 saturated heterocycles. The van der Waals surface area contributed by atoms with Gasteiger partial charge in [0.25, 0.3) is 0 Å². The number of nitrogens with one attached hydrogen (secondary N) is 2. The number of hydrogen-bond donors (Lipinski definition) is 2. The number of carbonyl (C=O) groups is 1. The van der Waals surface area contributed by atoms with E-state index in [2.05, 4.69) is 10.6 Å². The molecule has 0 aliphatic carbocycles. The summed E-state index contributed by atoms with van der Waals surface area (Å²) in [5.41, 5.74) is 1.99. The van der Waals surface area contributed by atoms with Crippen LogP contribution in [0.5, 0.6) is 0 Å². The van der Waals surface area contributed by atoms with Crippen molar-refractivity contribution in [3.63, 3.8) is 0 Å². The first kappa shape index (κ1) is 11.9. The summed E-state index contributed by atoms with van der Waals surface area (Å²) in [4.78, 5) is 13.6. The molecule has 1 aliphatic rings. The maximum atomic E-state index is 11.8. The molecule has 5 heteroatoms. The molecular weight excluding hydrogens is 234 g/mol. The molecule has 1 aromatic carbocycles. The van der Waals surface area contributed by atoms with Crippen molar-refractivity contribution in [3.8, 4) is 0 Å². The largest absolute Gasteiger partial charge is 0.361 e. The molecule has 0 saturated carbocycles. The number of rotatable bonds is 3. The Morgan fingerprint density at radius 2 is 2.18 bits per heavy atom. The smallest absolute Gasteiger partial charge is 0.243 e. The van der Waals surface area contributed by atoms with Crippen LogP contribution in [-0.4, -0.2) is 35.6 Å². The molecular formula is C12H15N3OS. The van der Waals surface area contributed by atoms with Gasteiger partial charge in [0.15, 0.2) is 5.11 Å². The third-order valence-corrected chi connectivity index (χ3v) is 3.02. The summed E-state index contributed by atoms with van der Waals surface area (Å²) in [6.45, 7) is 3.93. The number of amides is 1. The fraction of sp³-hybridized carbons (Fsp3) is 0.333. The highest BCUT2D eigenvalue weighted by molar-refractivity contribution is 7.80. The number of aryl methyl sites for hydroxylation is 1.